The summed E-state index contributed by atoms with van der Waals surface area (Å²) in [6.45, 7) is 18.5. The minimum Gasteiger partial charge on any atom is -0.103 e. The predicted octanol–water partition coefficient (Wildman–Crippen LogP) is 5.30. The molecule has 0 heterocycles. The molecule has 0 aliphatic heterocycles. The van der Waals surface area contributed by atoms with Crippen molar-refractivity contribution in [3.8, 4) is 0 Å². The molecule has 2 unspecified atom stereocenters. The van der Waals surface area contributed by atoms with E-state index in [0.717, 1.165) is 5.92 Å². The molecule has 0 spiro atoms. The topological polar surface area (TPSA) is 0 Å². The molecule has 82 valence electrons. The highest BCUT2D eigenvalue weighted by atomic mass is 14.1. The predicted molar refractivity (Wildman–Crippen MR) is 66.1 cm³/mol. The molecular formula is C13H30. The molecule has 0 fully saturated rings. The summed E-state index contributed by atoms with van der Waals surface area (Å²) in [6.07, 6.45) is 4.66. The summed E-state index contributed by atoms with van der Waals surface area (Å²) in [6, 6.07) is 0. The molecule has 0 saturated carbocycles. The van der Waals surface area contributed by atoms with Crippen LogP contribution < -0.4 is 0 Å². The van der Waals surface area contributed by atoms with E-state index in [4.69, 9.17) is 0 Å². The smallest absolute Gasteiger partial charge is 0.0239 e. The van der Waals surface area contributed by atoms with Crippen LogP contribution in [0.25, 0.3) is 0 Å². The Morgan fingerprint density at radius 3 is 1.69 bits per heavy atom. The summed E-state index contributed by atoms with van der Waals surface area (Å²) in [4.78, 5) is 0. The van der Waals surface area contributed by atoms with Crippen LogP contribution in [0.4, 0.5) is 0 Å². The zero-order valence-corrected chi connectivity index (χ0v) is 10.9. The van der Waals surface area contributed by atoms with Crippen molar-refractivity contribution in [1.29, 1.82) is 0 Å². The van der Waals surface area contributed by atoms with Crippen molar-refractivity contribution in [3.63, 3.8) is 0 Å². The molecule has 0 aliphatic rings. The molecule has 0 bridgehead atoms. The van der Waals surface area contributed by atoms with Gasteiger partial charge in [-0.25, -0.2) is 0 Å². The summed E-state index contributed by atoms with van der Waals surface area (Å²) < 4.78 is 0. The molecular weight excluding hydrogens is 156 g/mol. The third kappa shape index (κ3) is 14.6. The Morgan fingerprint density at radius 2 is 1.46 bits per heavy atom. The third-order valence-electron chi connectivity index (χ3n) is 2.01. The first-order valence-corrected chi connectivity index (χ1v) is 5.84. The van der Waals surface area contributed by atoms with Crippen molar-refractivity contribution < 1.29 is 0 Å². The molecule has 0 heteroatoms. The standard InChI is InChI=1S/C9H18.2C2H6/c1-5-7-9(4)8(3)6-2;2*1-2/h6,8-9H,2,5,7H2,1,3-4H3;2*1-2H3. The van der Waals surface area contributed by atoms with Gasteiger partial charge in [0.25, 0.3) is 0 Å². The molecule has 13 heavy (non-hydrogen) atoms. The van der Waals surface area contributed by atoms with Crippen LogP contribution in [-0.2, 0) is 0 Å². The summed E-state index contributed by atoms with van der Waals surface area (Å²) in [7, 11) is 0. The fourth-order valence-corrected chi connectivity index (χ4v) is 0.951. The van der Waals surface area contributed by atoms with Crippen LogP contribution in [-0.4, -0.2) is 0 Å². The lowest BCUT2D eigenvalue weighted by molar-refractivity contribution is 0.424. The van der Waals surface area contributed by atoms with Crippen molar-refractivity contribution in [2.75, 3.05) is 0 Å². The molecule has 0 amide bonds. The molecule has 2 atom stereocenters. The van der Waals surface area contributed by atoms with Crippen LogP contribution in [0.5, 0.6) is 0 Å². The van der Waals surface area contributed by atoms with Crippen LogP contribution in [0, 0.1) is 11.8 Å². The monoisotopic (exact) mass is 186 g/mol. The Bertz CT molecular complexity index is 74.1. The SMILES string of the molecule is C=CC(C)C(C)CCC.CC.CC. The molecule has 0 saturated heterocycles. The normalized spacial score (nSPS) is 12.5. The number of hydrogen-bond acceptors (Lipinski definition) is 0. The van der Waals surface area contributed by atoms with E-state index in [1.54, 1.807) is 0 Å². The lowest BCUT2D eigenvalue weighted by Gasteiger charge is -2.13. The van der Waals surface area contributed by atoms with Crippen molar-refractivity contribution >= 4 is 0 Å². The van der Waals surface area contributed by atoms with Crippen LogP contribution >= 0.6 is 0 Å². The second kappa shape index (κ2) is 17.7. The fraction of sp³-hybridized carbons (Fsp3) is 0.846. The molecule has 0 N–H and O–H groups in total. The van der Waals surface area contributed by atoms with Crippen molar-refractivity contribution in [2.24, 2.45) is 11.8 Å². The number of allylic oxidation sites excluding steroid dienone is 1. The minimum atomic E-state index is 0.685. The first-order chi connectivity index (χ1) is 6.22. The quantitative estimate of drug-likeness (QED) is 0.523. The Hall–Kier alpha value is -0.260. The van der Waals surface area contributed by atoms with E-state index in [1.165, 1.54) is 12.8 Å². The van der Waals surface area contributed by atoms with Crippen LogP contribution in [0.3, 0.4) is 0 Å². The van der Waals surface area contributed by atoms with E-state index in [0.29, 0.717) is 5.92 Å². The van der Waals surface area contributed by atoms with Crippen LogP contribution in [0.2, 0.25) is 0 Å². The Kier molecular flexibility index (Phi) is 25.2. The highest BCUT2D eigenvalue weighted by molar-refractivity contribution is 4.78. The van der Waals surface area contributed by atoms with Crippen molar-refractivity contribution in [3.05, 3.63) is 12.7 Å². The maximum Gasteiger partial charge on any atom is -0.0239 e. The first kappa shape index (κ1) is 18.5. The van der Waals surface area contributed by atoms with Crippen LogP contribution in [0.15, 0.2) is 12.7 Å². The molecule has 0 aromatic rings. The van der Waals surface area contributed by atoms with Gasteiger partial charge in [0, 0.05) is 0 Å². The first-order valence-electron chi connectivity index (χ1n) is 5.84. The largest absolute Gasteiger partial charge is 0.103 e. The molecule has 0 radical (unpaired) electrons. The maximum atomic E-state index is 3.76. The Labute approximate surface area is 86.4 Å². The Morgan fingerprint density at radius 1 is 1.08 bits per heavy atom. The van der Waals surface area contributed by atoms with E-state index < -0.39 is 0 Å². The van der Waals surface area contributed by atoms with E-state index >= 15 is 0 Å². The van der Waals surface area contributed by atoms with Gasteiger partial charge in [-0.05, 0) is 11.8 Å². The van der Waals surface area contributed by atoms with E-state index in [9.17, 15) is 0 Å². The van der Waals surface area contributed by atoms with Crippen molar-refractivity contribution in [2.45, 2.75) is 61.3 Å². The lowest BCUT2D eigenvalue weighted by Crippen LogP contribution is -2.03. The van der Waals surface area contributed by atoms with Crippen molar-refractivity contribution in [1.82, 2.24) is 0 Å². The van der Waals surface area contributed by atoms with Gasteiger partial charge < -0.3 is 0 Å². The van der Waals surface area contributed by atoms with Crippen LogP contribution in [0.1, 0.15) is 61.3 Å². The maximum absolute atomic E-state index is 3.76. The third-order valence-corrected chi connectivity index (χ3v) is 2.01. The molecule has 0 aromatic heterocycles. The molecule has 0 aliphatic carbocycles. The van der Waals surface area contributed by atoms with Gasteiger partial charge in [-0.3, -0.25) is 0 Å². The highest BCUT2D eigenvalue weighted by Crippen LogP contribution is 2.16. The van der Waals surface area contributed by atoms with Gasteiger partial charge in [-0.15, -0.1) is 6.58 Å². The van der Waals surface area contributed by atoms with Gasteiger partial charge in [0.05, 0.1) is 0 Å². The molecule has 0 nitrogen and oxygen atoms in total. The summed E-state index contributed by atoms with van der Waals surface area (Å²) in [5.74, 6) is 1.50. The molecule has 0 rings (SSSR count). The Balaban J connectivity index is -0.000000218. The van der Waals surface area contributed by atoms with Gasteiger partial charge in [0.1, 0.15) is 0 Å². The number of rotatable bonds is 4. The van der Waals surface area contributed by atoms with Gasteiger partial charge in [-0.2, -0.15) is 0 Å². The van der Waals surface area contributed by atoms with E-state index in [2.05, 4.69) is 27.4 Å². The fourth-order valence-electron chi connectivity index (χ4n) is 0.951. The zero-order valence-electron chi connectivity index (χ0n) is 10.9. The highest BCUT2D eigenvalue weighted by Gasteiger charge is 2.05. The second-order valence-corrected chi connectivity index (χ2v) is 2.86. The average molecular weight is 186 g/mol. The van der Waals surface area contributed by atoms with Gasteiger partial charge in [0.15, 0.2) is 0 Å². The summed E-state index contributed by atoms with van der Waals surface area (Å²) >= 11 is 0. The molecule has 0 aromatic carbocycles. The van der Waals surface area contributed by atoms with E-state index in [-0.39, 0.29) is 0 Å². The second-order valence-electron chi connectivity index (χ2n) is 2.86. The van der Waals surface area contributed by atoms with Gasteiger partial charge >= 0.3 is 0 Å². The zero-order chi connectivity index (χ0) is 11.3. The van der Waals surface area contributed by atoms with E-state index in [1.807, 2.05) is 33.8 Å². The minimum absolute atomic E-state index is 0.685. The van der Waals surface area contributed by atoms with Gasteiger partial charge in [0.2, 0.25) is 0 Å². The lowest BCUT2D eigenvalue weighted by atomic mass is 9.92. The average Bonchev–Trinajstić information content (AvgIpc) is 2.23. The van der Waals surface area contributed by atoms with Gasteiger partial charge in [-0.1, -0.05) is 67.4 Å². The number of hydrogen-bond donors (Lipinski definition) is 0. The summed E-state index contributed by atoms with van der Waals surface area (Å²) in [5.41, 5.74) is 0. The summed E-state index contributed by atoms with van der Waals surface area (Å²) in [5, 5.41) is 0.